The number of aryl methyl sites for hydroxylation is 1. The van der Waals surface area contributed by atoms with E-state index in [0.717, 1.165) is 25.9 Å². The Bertz CT molecular complexity index is 474. The number of amides is 1. The van der Waals surface area contributed by atoms with Crippen LogP contribution in [0.1, 0.15) is 57.8 Å². The Balaban J connectivity index is 1.95. The Morgan fingerprint density at radius 1 is 1.52 bits per heavy atom. The molecular formula is C15H26N4O2. The van der Waals surface area contributed by atoms with Gasteiger partial charge in [0.25, 0.3) is 0 Å². The van der Waals surface area contributed by atoms with Gasteiger partial charge in [0.15, 0.2) is 5.82 Å². The lowest BCUT2D eigenvalue weighted by molar-refractivity contribution is -0.133. The van der Waals surface area contributed by atoms with Gasteiger partial charge in [-0.15, -0.1) is 0 Å². The Morgan fingerprint density at radius 2 is 2.29 bits per heavy atom. The molecule has 21 heavy (non-hydrogen) atoms. The monoisotopic (exact) mass is 294 g/mol. The molecule has 1 aliphatic rings. The van der Waals surface area contributed by atoms with Gasteiger partial charge in [0.2, 0.25) is 11.8 Å². The predicted octanol–water partition coefficient (Wildman–Crippen LogP) is 2.07. The fourth-order valence-corrected chi connectivity index (χ4v) is 3.00. The van der Waals surface area contributed by atoms with Crippen molar-refractivity contribution >= 4 is 5.91 Å². The number of carbonyl (C=O) groups is 1. The molecule has 0 unspecified atom stereocenters. The maximum absolute atomic E-state index is 11.9. The van der Waals surface area contributed by atoms with Gasteiger partial charge in [-0.25, -0.2) is 0 Å². The van der Waals surface area contributed by atoms with Crippen LogP contribution in [-0.2, 0) is 4.79 Å². The zero-order valence-corrected chi connectivity index (χ0v) is 13.4. The Labute approximate surface area is 126 Å². The molecule has 2 rings (SSSR count). The molecule has 0 spiro atoms. The summed E-state index contributed by atoms with van der Waals surface area (Å²) in [5.41, 5.74) is 0. The van der Waals surface area contributed by atoms with Crippen molar-refractivity contribution in [1.82, 2.24) is 20.4 Å². The van der Waals surface area contributed by atoms with E-state index in [1.54, 1.807) is 0 Å². The van der Waals surface area contributed by atoms with E-state index in [2.05, 4.69) is 22.4 Å². The molecule has 118 valence electrons. The van der Waals surface area contributed by atoms with E-state index in [1.807, 2.05) is 25.7 Å². The summed E-state index contributed by atoms with van der Waals surface area (Å²) in [4.78, 5) is 18.1. The molecule has 0 aliphatic carbocycles. The third-order valence-corrected chi connectivity index (χ3v) is 4.29. The molecule has 2 heterocycles. The van der Waals surface area contributed by atoms with Crippen LogP contribution in [0.2, 0.25) is 0 Å². The summed E-state index contributed by atoms with van der Waals surface area (Å²) >= 11 is 0. The van der Waals surface area contributed by atoms with Crippen LogP contribution in [0.4, 0.5) is 0 Å². The first-order valence-electron chi connectivity index (χ1n) is 7.89. The van der Waals surface area contributed by atoms with Crippen LogP contribution in [0, 0.1) is 12.8 Å². The second-order valence-electron chi connectivity index (χ2n) is 5.82. The number of hydrogen-bond donors (Lipinski definition) is 1. The van der Waals surface area contributed by atoms with E-state index in [4.69, 9.17) is 4.52 Å². The molecule has 6 heteroatoms. The van der Waals surface area contributed by atoms with E-state index in [9.17, 15) is 4.79 Å². The Hall–Kier alpha value is -1.43. The molecule has 0 bridgehead atoms. The van der Waals surface area contributed by atoms with Gasteiger partial charge in [-0.2, -0.15) is 4.98 Å². The van der Waals surface area contributed by atoms with Crippen LogP contribution in [0.3, 0.4) is 0 Å². The van der Waals surface area contributed by atoms with Gasteiger partial charge in [0, 0.05) is 25.6 Å². The molecular weight excluding hydrogens is 268 g/mol. The second-order valence-corrected chi connectivity index (χ2v) is 5.82. The highest BCUT2D eigenvalue weighted by Gasteiger charge is 2.31. The summed E-state index contributed by atoms with van der Waals surface area (Å²) < 4.78 is 5.23. The smallest absolute Gasteiger partial charge is 0.243 e. The largest absolute Gasteiger partial charge is 0.342 e. The summed E-state index contributed by atoms with van der Waals surface area (Å²) in [6.45, 7) is 9.65. The molecule has 1 aromatic rings. The molecule has 1 aromatic heterocycles. The van der Waals surface area contributed by atoms with Crippen LogP contribution >= 0.6 is 0 Å². The molecule has 1 saturated heterocycles. The first-order chi connectivity index (χ1) is 10.0. The molecule has 0 saturated carbocycles. The van der Waals surface area contributed by atoms with Crippen LogP contribution in [0.15, 0.2) is 4.52 Å². The number of hydrogen-bond acceptors (Lipinski definition) is 5. The average molecular weight is 294 g/mol. The first-order valence-corrected chi connectivity index (χ1v) is 7.89. The van der Waals surface area contributed by atoms with Gasteiger partial charge in [-0.3, -0.25) is 4.79 Å². The predicted molar refractivity (Wildman–Crippen MR) is 79.6 cm³/mol. The normalized spacial score (nSPS) is 24.1. The maximum atomic E-state index is 11.9. The van der Waals surface area contributed by atoms with Gasteiger partial charge in [0.05, 0.1) is 6.04 Å². The molecule has 0 aromatic carbocycles. The van der Waals surface area contributed by atoms with E-state index in [-0.39, 0.29) is 11.9 Å². The van der Waals surface area contributed by atoms with Crippen LogP contribution in [0.25, 0.3) is 0 Å². The molecule has 1 aliphatic heterocycles. The number of likely N-dealkylation sites (tertiary alicyclic amines) is 1. The lowest BCUT2D eigenvalue weighted by atomic mass is 9.89. The zero-order valence-electron chi connectivity index (χ0n) is 13.4. The van der Waals surface area contributed by atoms with E-state index in [0.29, 0.717) is 30.1 Å². The maximum Gasteiger partial charge on any atom is 0.243 e. The van der Waals surface area contributed by atoms with Crippen molar-refractivity contribution in [1.29, 1.82) is 0 Å². The Kier molecular flexibility index (Phi) is 5.33. The minimum atomic E-state index is 0.0404. The topological polar surface area (TPSA) is 71.3 Å². The summed E-state index contributed by atoms with van der Waals surface area (Å²) in [7, 11) is 0. The second kappa shape index (κ2) is 7.02. The number of nitrogens with zero attached hydrogens (tertiary/aromatic N) is 3. The zero-order chi connectivity index (χ0) is 15.4. The van der Waals surface area contributed by atoms with E-state index < -0.39 is 0 Å². The number of aromatic nitrogens is 2. The van der Waals surface area contributed by atoms with Crippen LogP contribution < -0.4 is 5.32 Å². The van der Waals surface area contributed by atoms with Crippen molar-refractivity contribution in [2.75, 3.05) is 13.1 Å². The minimum absolute atomic E-state index is 0.0404. The summed E-state index contributed by atoms with van der Waals surface area (Å²) in [6, 6.07) is 0.428. The third-order valence-electron chi connectivity index (χ3n) is 4.29. The van der Waals surface area contributed by atoms with Crippen molar-refractivity contribution < 1.29 is 9.32 Å². The van der Waals surface area contributed by atoms with Crippen molar-refractivity contribution in [2.24, 2.45) is 5.92 Å². The molecule has 6 nitrogen and oxygen atoms in total. The number of nitrogens with one attached hydrogen (secondary N) is 1. The van der Waals surface area contributed by atoms with Crippen LogP contribution in [-0.4, -0.2) is 40.1 Å². The number of carbonyl (C=O) groups excluding carboxylic acids is 1. The molecule has 3 atom stereocenters. The molecule has 1 N–H and O–H groups in total. The summed E-state index contributed by atoms with van der Waals surface area (Å²) in [6.07, 6.45) is 2.62. The highest BCUT2D eigenvalue weighted by atomic mass is 16.5. The number of rotatable bonds is 5. The van der Waals surface area contributed by atoms with Crippen molar-refractivity contribution in [3.05, 3.63) is 11.7 Å². The fourth-order valence-electron chi connectivity index (χ4n) is 3.00. The van der Waals surface area contributed by atoms with Crippen molar-refractivity contribution in [3.8, 4) is 0 Å². The van der Waals surface area contributed by atoms with Gasteiger partial charge >= 0.3 is 0 Å². The average Bonchev–Trinajstić information content (AvgIpc) is 2.93. The molecule has 0 radical (unpaired) electrons. The lowest BCUT2D eigenvalue weighted by Crippen LogP contribution is -2.51. The van der Waals surface area contributed by atoms with Gasteiger partial charge < -0.3 is 14.7 Å². The minimum Gasteiger partial charge on any atom is -0.342 e. The summed E-state index contributed by atoms with van der Waals surface area (Å²) in [5.74, 6) is 2.02. The Morgan fingerprint density at radius 3 is 2.86 bits per heavy atom. The first kappa shape index (κ1) is 15.9. The molecule has 1 fully saturated rings. The van der Waals surface area contributed by atoms with Gasteiger partial charge in [-0.05, 0) is 26.2 Å². The van der Waals surface area contributed by atoms with Crippen molar-refractivity contribution in [2.45, 2.75) is 59.0 Å². The van der Waals surface area contributed by atoms with Gasteiger partial charge in [-0.1, -0.05) is 25.4 Å². The quantitative estimate of drug-likeness (QED) is 0.900. The van der Waals surface area contributed by atoms with Crippen molar-refractivity contribution in [3.63, 3.8) is 0 Å². The lowest BCUT2D eigenvalue weighted by Gasteiger charge is -2.39. The fraction of sp³-hybridized carbons (Fsp3) is 0.800. The SMILES string of the molecule is CCC(=O)N1CC[C@H](N[C@@H](C)c2nc(C)no2)[C@@H](CC)C1. The standard InChI is InChI=1S/C15H26N4O2/c1-5-12-9-19(14(20)6-2)8-7-13(12)16-10(3)15-17-11(4)18-21-15/h10,12-13,16H,5-9H2,1-4H3/t10-,12-,13-/m0/s1. The third kappa shape index (κ3) is 3.81. The van der Waals surface area contributed by atoms with Crippen LogP contribution in [0.5, 0.6) is 0 Å². The highest BCUT2D eigenvalue weighted by Crippen LogP contribution is 2.23. The summed E-state index contributed by atoms with van der Waals surface area (Å²) in [5, 5.41) is 7.43. The van der Waals surface area contributed by atoms with E-state index in [1.165, 1.54) is 0 Å². The van der Waals surface area contributed by atoms with Gasteiger partial charge in [0.1, 0.15) is 0 Å². The molecule has 1 amide bonds. The van der Waals surface area contributed by atoms with E-state index >= 15 is 0 Å². The number of piperidine rings is 1. The highest BCUT2D eigenvalue weighted by molar-refractivity contribution is 5.75.